The van der Waals surface area contributed by atoms with Gasteiger partial charge >= 0.3 is 0 Å². The van der Waals surface area contributed by atoms with Crippen molar-refractivity contribution in [2.45, 2.75) is 19.4 Å². The van der Waals surface area contributed by atoms with E-state index in [4.69, 9.17) is 4.74 Å². The van der Waals surface area contributed by atoms with Crippen LogP contribution in [0.25, 0.3) is 0 Å². The largest absolute Gasteiger partial charge is 0.494 e. The van der Waals surface area contributed by atoms with Gasteiger partial charge in [0.05, 0.1) is 24.7 Å². The molecule has 0 fully saturated rings. The number of rotatable bonds is 3. The maximum atomic E-state index is 5.58. The normalized spacial score (nSPS) is 18.1. The van der Waals surface area contributed by atoms with Gasteiger partial charge in [-0.2, -0.15) is 0 Å². The Kier molecular flexibility index (Phi) is 3.25. The fraction of sp³-hybridized carbons (Fsp3) is 0.400. The highest BCUT2D eigenvalue weighted by Crippen LogP contribution is 2.29. The predicted octanol–water partition coefficient (Wildman–Crippen LogP) is 2.05. The lowest BCUT2D eigenvalue weighted by Crippen LogP contribution is -2.31. The molecule has 0 bridgehead atoms. The molecular weight excluding hydrogens is 238 g/mol. The van der Waals surface area contributed by atoms with E-state index in [0.717, 1.165) is 24.4 Å². The highest BCUT2D eigenvalue weighted by atomic mass is 16.5. The summed E-state index contributed by atoms with van der Waals surface area (Å²) in [5.41, 5.74) is 3.68. The summed E-state index contributed by atoms with van der Waals surface area (Å²) in [5, 5.41) is 3.54. The molecule has 0 radical (unpaired) electrons. The predicted molar refractivity (Wildman–Crippen MR) is 74.4 cm³/mol. The Morgan fingerprint density at radius 3 is 3.21 bits per heavy atom. The first-order valence-corrected chi connectivity index (χ1v) is 6.76. The van der Waals surface area contributed by atoms with Gasteiger partial charge in [-0.1, -0.05) is 12.1 Å². The van der Waals surface area contributed by atoms with E-state index in [1.807, 2.05) is 25.4 Å². The maximum absolute atomic E-state index is 5.58. The van der Waals surface area contributed by atoms with Crippen molar-refractivity contribution in [2.24, 2.45) is 7.05 Å². The van der Waals surface area contributed by atoms with Crippen LogP contribution in [0, 0.1) is 0 Å². The number of nitrogens with zero attached hydrogens (tertiary/aromatic N) is 2. The van der Waals surface area contributed by atoms with E-state index in [2.05, 4.69) is 34.0 Å². The minimum Gasteiger partial charge on any atom is -0.494 e. The van der Waals surface area contributed by atoms with E-state index >= 15 is 0 Å². The number of fused-ring (bicyclic) bond motifs is 1. The second-order valence-corrected chi connectivity index (χ2v) is 4.83. The smallest absolute Gasteiger partial charge is 0.119 e. The standard InChI is InChI=1S/C15H19N3O/c1-3-19-12-6-4-5-11(9-12)14-15-13(7-8-16-14)18(2)10-17-15/h4-6,9-10,14,16H,3,7-8H2,1-2H3. The fourth-order valence-corrected chi connectivity index (χ4v) is 2.68. The molecule has 0 aliphatic carbocycles. The van der Waals surface area contributed by atoms with Gasteiger partial charge in [-0.3, -0.25) is 0 Å². The van der Waals surface area contributed by atoms with Crippen molar-refractivity contribution < 1.29 is 4.74 Å². The monoisotopic (exact) mass is 257 g/mol. The van der Waals surface area contributed by atoms with Gasteiger partial charge in [0.2, 0.25) is 0 Å². The van der Waals surface area contributed by atoms with Crippen LogP contribution in [0.1, 0.15) is 29.9 Å². The number of hydrogen-bond acceptors (Lipinski definition) is 3. The number of imidazole rings is 1. The van der Waals surface area contributed by atoms with Crippen molar-refractivity contribution in [1.82, 2.24) is 14.9 Å². The van der Waals surface area contributed by atoms with Gasteiger partial charge in [0.25, 0.3) is 0 Å². The molecule has 1 aromatic carbocycles. The Balaban J connectivity index is 1.96. The molecule has 1 N–H and O–H groups in total. The summed E-state index contributed by atoms with van der Waals surface area (Å²) in [6.07, 6.45) is 2.94. The van der Waals surface area contributed by atoms with Crippen LogP contribution in [0.2, 0.25) is 0 Å². The SMILES string of the molecule is CCOc1cccc(C2NCCc3c2ncn3C)c1. The molecule has 1 aliphatic heterocycles. The lowest BCUT2D eigenvalue weighted by molar-refractivity contribution is 0.339. The van der Waals surface area contributed by atoms with Gasteiger partial charge in [0.1, 0.15) is 5.75 Å². The number of ether oxygens (including phenoxy) is 1. The zero-order chi connectivity index (χ0) is 13.2. The summed E-state index contributed by atoms with van der Waals surface area (Å²) in [5.74, 6) is 0.921. The third kappa shape index (κ3) is 2.24. The molecule has 0 amide bonds. The molecule has 19 heavy (non-hydrogen) atoms. The number of aromatic nitrogens is 2. The summed E-state index contributed by atoms with van der Waals surface area (Å²) >= 11 is 0. The average Bonchev–Trinajstić information content (AvgIpc) is 2.81. The van der Waals surface area contributed by atoms with Gasteiger partial charge in [0, 0.05) is 25.7 Å². The Morgan fingerprint density at radius 2 is 2.37 bits per heavy atom. The van der Waals surface area contributed by atoms with Crippen LogP contribution in [-0.4, -0.2) is 22.7 Å². The molecule has 1 atom stereocenters. The van der Waals surface area contributed by atoms with Crippen LogP contribution in [0.5, 0.6) is 5.75 Å². The molecule has 1 aliphatic rings. The number of aryl methyl sites for hydroxylation is 1. The molecule has 1 unspecified atom stereocenters. The Bertz CT molecular complexity index is 577. The molecule has 100 valence electrons. The van der Waals surface area contributed by atoms with Gasteiger partial charge in [-0.15, -0.1) is 0 Å². The van der Waals surface area contributed by atoms with E-state index in [-0.39, 0.29) is 6.04 Å². The Hall–Kier alpha value is -1.81. The van der Waals surface area contributed by atoms with Crippen LogP contribution < -0.4 is 10.1 Å². The Morgan fingerprint density at radius 1 is 1.47 bits per heavy atom. The molecule has 2 heterocycles. The van der Waals surface area contributed by atoms with Gasteiger partial charge < -0.3 is 14.6 Å². The highest BCUT2D eigenvalue weighted by molar-refractivity contribution is 5.37. The quantitative estimate of drug-likeness (QED) is 0.914. The van der Waals surface area contributed by atoms with Crippen molar-refractivity contribution >= 4 is 0 Å². The summed E-state index contributed by atoms with van der Waals surface area (Å²) in [7, 11) is 2.06. The molecule has 0 saturated heterocycles. The third-order valence-corrected chi connectivity index (χ3v) is 3.58. The van der Waals surface area contributed by atoms with Crippen molar-refractivity contribution in [3.05, 3.63) is 47.5 Å². The van der Waals surface area contributed by atoms with Gasteiger partial charge in [-0.25, -0.2) is 4.98 Å². The topological polar surface area (TPSA) is 39.1 Å². The number of nitrogens with one attached hydrogen (secondary N) is 1. The third-order valence-electron chi connectivity index (χ3n) is 3.58. The van der Waals surface area contributed by atoms with Crippen LogP contribution in [-0.2, 0) is 13.5 Å². The molecular formula is C15H19N3O. The van der Waals surface area contributed by atoms with Crippen LogP contribution in [0.3, 0.4) is 0 Å². The fourth-order valence-electron chi connectivity index (χ4n) is 2.68. The van der Waals surface area contributed by atoms with Crippen molar-refractivity contribution in [1.29, 1.82) is 0 Å². The zero-order valence-electron chi connectivity index (χ0n) is 11.4. The minimum absolute atomic E-state index is 0.172. The van der Waals surface area contributed by atoms with Crippen LogP contribution in [0.15, 0.2) is 30.6 Å². The lowest BCUT2D eigenvalue weighted by Gasteiger charge is -2.24. The van der Waals surface area contributed by atoms with Gasteiger partial charge in [0.15, 0.2) is 0 Å². The Labute approximate surface area is 113 Å². The van der Waals surface area contributed by atoms with Gasteiger partial charge in [-0.05, 0) is 24.6 Å². The molecule has 4 nitrogen and oxygen atoms in total. The second kappa shape index (κ2) is 5.05. The summed E-state index contributed by atoms with van der Waals surface area (Å²) < 4.78 is 7.70. The summed E-state index contributed by atoms with van der Waals surface area (Å²) in [6, 6.07) is 8.44. The van der Waals surface area contributed by atoms with E-state index in [1.165, 1.54) is 11.3 Å². The minimum atomic E-state index is 0.172. The molecule has 2 aromatic rings. The first-order valence-electron chi connectivity index (χ1n) is 6.76. The first-order chi connectivity index (χ1) is 9.29. The maximum Gasteiger partial charge on any atom is 0.119 e. The summed E-state index contributed by atoms with van der Waals surface area (Å²) in [4.78, 5) is 4.55. The van der Waals surface area contributed by atoms with Crippen LogP contribution in [0.4, 0.5) is 0 Å². The average molecular weight is 257 g/mol. The molecule has 4 heteroatoms. The zero-order valence-corrected chi connectivity index (χ0v) is 11.4. The van der Waals surface area contributed by atoms with E-state index in [1.54, 1.807) is 0 Å². The number of benzene rings is 1. The van der Waals surface area contributed by atoms with E-state index < -0.39 is 0 Å². The second-order valence-electron chi connectivity index (χ2n) is 4.83. The van der Waals surface area contributed by atoms with E-state index in [0.29, 0.717) is 6.61 Å². The lowest BCUT2D eigenvalue weighted by atomic mass is 9.98. The first kappa shape index (κ1) is 12.2. The van der Waals surface area contributed by atoms with Crippen LogP contribution >= 0.6 is 0 Å². The van der Waals surface area contributed by atoms with Crippen molar-refractivity contribution in [2.75, 3.05) is 13.2 Å². The van der Waals surface area contributed by atoms with Crippen molar-refractivity contribution in [3.63, 3.8) is 0 Å². The highest BCUT2D eigenvalue weighted by Gasteiger charge is 2.25. The molecule has 0 spiro atoms. The summed E-state index contributed by atoms with van der Waals surface area (Å²) in [6.45, 7) is 3.68. The molecule has 0 saturated carbocycles. The van der Waals surface area contributed by atoms with E-state index in [9.17, 15) is 0 Å². The number of hydrogen-bond donors (Lipinski definition) is 1. The molecule has 3 rings (SSSR count). The molecule has 1 aromatic heterocycles. The van der Waals surface area contributed by atoms with Crippen molar-refractivity contribution in [3.8, 4) is 5.75 Å².